The van der Waals surface area contributed by atoms with Gasteiger partial charge in [-0.3, -0.25) is 0 Å². The van der Waals surface area contributed by atoms with Crippen molar-refractivity contribution in [3.63, 3.8) is 0 Å². The average Bonchev–Trinajstić information content (AvgIpc) is 2.51. The normalized spacial score (nSPS) is 22.2. The largest absolute Gasteiger partial charge is 0.330 e. The lowest BCUT2D eigenvalue weighted by molar-refractivity contribution is 0.326. The molecule has 1 atom stereocenters. The first-order chi connectivity index (χ1) is 5.90. The summed E-state index contributed by atoms with van der Waals surface area (Å²) in [4.78, 5) is 0. The first kappa shape index (κ1) is 7.67. The molecule has 0 saturated carbocycles. The molecule has 2 heterocycles. The van der Waals surface area contributed by atoms with Gasteiger partial charge in [-0.2, -0.15) is 0 Å². The van der Waals surface area contributed by atoms with Gasteiger partial charge in [0.05, 0.1) is 0 Å². The molecule has 66 valence electrons. The summed E-state index contributed by atoms with van der Waals surface area (Å²) in [5, 5.41) is 11.5. The lowest BCUT2D eigenvalue weighted by Gasteiger charge is -2.20. The van der Waals surface area contributed by atoms with E-state index in [0.29, 0.717) is 5.92 Å². The molecule has 5 heteroatoms. The summed E-state index contributed by atoms with van der Waals surface area (Å²) in [6, 6.07) is 0. The Morgan fingerprint density at radius 1 is 1.58 bits per heavy atom. The number of nitrogens with two attached hydrogens (primary N) is 1. The van der Waals surface area contributed by atoms with Gasteiger partial charge in [0.25, 0.3) is 0 Å². The van der Waals surface area contributed by atoms with Gasteiger partial charge in [-0.05, 0) is 35.7 Å². The van der Waals surface area contributed by atoms with Crippen molar-refractivity contribution >= 4 is 0 Å². The highest BCUT2D eigenvalue weighted by Gasteiger charge is 2.19. The van der Waals surface area contributed by atoms with E-state index >= 15 is 0 Å². The molecule has 0 saturated heterocycles. The quantitative estimate of drug-likeness (QED) is 0.649. The lowest BCUT2D eigenvalue weighted by atomic mass is 9.96. The van der Waals surface area contributed by atoms with Crippen LogP contribution in [0.1, 0.15) is 18.7 Å². The molecule has 1 unspecified atom stereocenters. The van der Waals surface area contributed by atoms with Crippen LogP contribution in [0.15, 0.2) is 0 Å². The fraction of sp³-hybridized carbons (Fsp3) is 0.857. The molecule has 1 aromatic rings. The molecule has 1 aromatic heterocycles. The summed E-state index contributed by atoms with van der Waals surface area (Å²) in [5.74, 6) is 1.69. The van der Waals surface area contributed by atoms with Crippen molar-refractivity contribution in [3.05, 3.63) is 5.82 Å². The summed E-state index contributed by atoms with van der Waals surface area (Å²) >= 11 is 0. The van der Waals surface area contributed by atoms with Gasteiger partial charge in [0.15, 0.2) is 5.82 Å². The van der Waals surface area contributed by atoms with Crippen molar-refractivity contribution in [1.82, 2.24) is 20.2 Å². The van der Waals surface area contributed by atoms with Crippen LogP contribution in [0.25, 0.3) is 0 Å². The smallest absolute Gasteiger partial charge is 0.151 e. The molecule has 0 aliphatic carbocycles. The number of nitrogens with zero attached hydrogens (tertiary/aromatic N) is 4. The van der Waals surface area contributed by atoms with E-state index in [4.69, 9.17) is 5.73 Å². The van der Waals surface area contributed by atoms with Crippen molar-refractivity contribution in [2.24, 2.45) is 11.7 Å². The van der Waals surface area contributed by atoms with E-state index < -0.39 is 0 Å². The van der Waals surface area contributed by atoms with E-state index in [1.54, 1.807) is 0 Å². The molecular weight excluding hydrogens is 154 g/mol. The fourth-order valence-corrected chi connectivity index (χ4v) is 1.68. The fourth-order valence-electron chi connectivity index (χ4n) is 1.68. The van der Waals surface area contributed by atoms with Crippen LogP contribution in [0.5, 0.6) is 0 Å². The number of rotatable bonds is 2. The Labute approximate surface area is 70.9 Å². The summed E-state index contributed by atoms with van der Waals surface area (Å²) in [5.41, 5.74) is 5.49. The van der Waals surface area contributed by atoms with Gasteiger partial charge in [-0.15, -0.1) is 5.10 Å². The van der Waals surface area contributed by atoms with E-state index in [0.717, 1.165) is 31.8 Å². The Morgan fingerprint density at radius 2 is 2.50 bits per heavy atom. The number of aryl methyl sites for hydroxylation is 1. The van der Waals surface area contributed by atoms with E-state index in [2.05, 4.69) is 15.5 Å². The zero-order valence-electron chi connectivity index (χ0n) is 6.98. The maximum atomic E-state index is 5.49. The van der Waals surface area contributed by atoms with E-state index in [-0.39, 0.29) is 0 Å². The van der Waals surface area contributed by atoms with Gasteiger partial charge in [0.1, 0.15) is 0 Å². The topological polar surface area (TPSA) is 69.6 Å². The zero-order valence-corrected chi connectivity index (χ0v) is 6.98. The van der Waals surface area contributed by atoms with E-state index in [9.17, 15) is 0 Å². The van der Waals surface area contributed by atoms with Crippen LogP contribution in [0.3, 0.4) is 0 Å². The minimum absolute atomic E-state index is 0.672. The minimum Gasteiger partial charge on any atom is -0.330 e. The Bertz CT molecular complexity index is 256. The second kappa shape index (κ2) is 3.18. The third kappa shape index (κ3) is 1.32. The van der Waals surface area contributed by atoms with Crippen LogP contribution in [0.2, 0.25) is 0 Å². The Kier molecular flexibility index (Phi) is 2.03. The van der Waals surface area contributed by atoms with Gasteiger partial charge in [-0.25, -0.2) is 4.68 Å². The van der Waals surface area contributed by atoms with E-state index in [1.165, 1.54) is 6.42 Å². The number of hydrogen-bond donors (Lipinski definition) is 1. The van der Waals surface area contributed by atoms with E-state index in [1.807, 2.05) is 4.68 Å². The molecule has 0 radical (unpaired) electrons. The molecule has 5 nitrogen and oxygen atoms in total. The monoisotopic (exact) mass is 167 g/mol. The number of tetrazole rings is 1. The lowest BCUT2D eigenvalue weighted by Crippen LogP contribution is -2.23. The highest BCUT2D eigenvalue weighted by molar-refractivity contribution is 4.87. The maximum Gasteiger partial charge on any atom is 0.151 e. The molecule has 0 amide bonds. The third-order valence-corrected chi connectivity index (χ3v) is 2.39. The molecule has 2 rings (SSSR count). The van der Waals surface area contributed by atoms with Crippen molar-refractivity contribution in [2.45, 2.75) is 25.8 Å². The molecule has 0 bridgehead atoms. The molecule has 0 spiro atoms. The first-order valence-corrected chi connectivity index (χ1v) is 4.35. The average molecular weight is 167 g/mol. The first-order valence-electron chi connectivity index (χ1n) is 4.35. The molecular formula is C7H13N5. The standard InChI is InChI=1S/C7H13N5/c8-4-3-6-1-2-7-9-10-11-12(7)5-6/h6H,1-5,8H2. The van der Waals surface area contributed by atoms with Gasteiger partial charge in [-0.1, -0.05) is 0 Å². The molecule has 2 N–H and O–H groups in total. The van der Waals surface area contributed by atoms with Crippen molar-refractivity contribution in [2.75, 3.05) is 6.54 Å². The molecule has 1 aliphatic rings. The van der Waals surface area contributed by atoms with Crippen molar-refractivity contribution in [3.8, 4) is 0 Å². The van der Waals surface area contributed by atoms with Crippen LogP contribution < -0.4 is 5.73 Å². The summed E-state index contributed by atoms with van der Waals surface area (Å²) in [6.45, 7) is 1.71. The highest BCUT2D eigenvalue weighted by atomic mass is 15.5. The van der Waals surface area contributed by atoms with Gasteiger partial charge in [0, 0.05) is 13.0 Å². The van der Waals surface area contributed by atoms with Crippen LogP contribution >= 0.6 is 0 Å². The maximum absolute atomic E-state index is 5.49. The zero-order chi connectivity index (χ0) is 8.39. The van der Waals surface area contributed by atoms with Crippen LogP contribution in [0.4, 0.5) is 0 Å². The highest BCUT2D eigenvalue weighted by Crippen LogP contribution is 2.18. The second-order valence-electron chi connectivity index (χ2n) is 3.26. The molecule has 0 fully saturated rings. The molecule has 1 aliphatic heterocycles. The van der Waals surface area contributed by atoms with Crippen LogP contribution in [0, 0.1) is 5.92 Å². The van der Waals surface area contributed by atoms with Crippen molar-refractivity contribution in [1.29, 1.82) is 0 Å². The second-order valence-corrected chi connectivity index (χ2v) is 3.26. The SMILES string of the molecule is NCCC1CCc2nnnn2C1. The molecule has 0 aromatic carbocycles. The Hall–Kier alpha value is -0.970. The Balaban J connectivity index is 2.05. The predicted octanol–water partition coefficient (Wildman–Crippen LogP) is -0.416. The molecule has 12 heavy (non-hydrogen) atoms. The van der Waals surface area contributed by atoms with Crippen molar-refractivity contribution < 1.29 is 0 Å². The van der Waals surface area contributed by atoms with Gasteiger partial charge < -0.3 is 5.73 Å². The van der Waals surface area contributed by atoms with Crippen LogP contribution in [-0.4, -0.2) is 26.8 Å². The predicted molar refractivity (Wildman–Crippen MR) is 43.3 cm³/mol. The number of fused-ring (bicyclic) bond motifs is 1. The van der Waals surface area contributed by atoms with Gasteiger partial charge >= 0.3 is 0 Å². The number of aromatic nitrogens is 4. The summed E-state index contributed by atoms with van der Waals surface area (Å²) in [6.07, 6.45) is 3.26. The summed E-state index contributed by atoms with van der Waals surface area (Å²) < 4.78 is 1.89. The Morgan fingerprint density at radius 3 is 3.33 bits per heavy atom. The van der Waals surface area contributed by atoms with Crippen LogP contribution in [-0.2, 0) is 13.0 Å². The summed E-state index contributed by atoms with van der Waals surface area (Å²) in [7, 11) is 0. The third-order valence-electron chi connectivity index (χ3n) is 2.39. The number of hydrogen-bond acceptors (Lipinski definition) is 4. The van der Waals surface area contributed by atoms with Gasteiger partial charge in [0.2, 0.25) is 0 Å². The minimum atomic E-state index is 0.672.